The van der Waals surface area contributed by atoms with Gasteiger partial charge in [-0.3, -0.25) is 0 Å². The molecule has 0 aliphatic carbocycles. The highest BCUT2D eigenvalue weighted by Gasteiger charge is 2.51. The van der Waals surface area contributed by atoms with Crippen LogP contribution in [-0.4, -0.2) is 32.5 Å². The van der Waals surface area contributed by atoms with Crippen LogP contribution in [0.1, 0.15) is 27.7 Å². The molecule has 1 aromatic rings. The molecule has 19 heavy (non-hydrogen) atoms. The summed E-state index contributed by atoms with van der Waals surface area (Å²) in [6.45, 7) is 8.20. The van der Waals surface area contributed by atoms with Crippen molar-refractivity contribution in [2.45, 2.75) is 38.9 Å². The molecule has 0 aromatic heterocycles. The fraction of sp³-hybridized carbons (Fsp3) is 0.571. The minimum Gasteiger partial charge on any atom is -0.495 e. The summed E-state index contributed by atoms with van der Waals surface area (Å²) in [5.74, 6) is 0.808. The quantitative estimate of drug-likeness (QED) is 0.847. The van der Waals surface area contributed by atoms with E-state index in [1.807, 2.05) is 25.2 Å². The first-order chi connectivity index (χ1) is 8.80. The molecule has 4 nitrogen and oxygen atoms in total. The molecular formula is C14H22BNO3. The van der Waals surface area contributed by atoms with Gasteiger partial charge in [-0.1, -0.05) is 6.07 Å². The molecule has 1 fully saturated rings. The van der Waals surface area contributed by atoms with E-state index in [0.29, 0.717) is 0 Å². The summed E-state index contributed by atoms with van der Waals surface area (Å²) >= 11 is 0. The van der Waals surface area contributed by atoms with Crippen molar-refractivity contribution in [3.05, 3.63) is 18.2 Å². The molecule has 0 unspecified atom stereocenters. The van der Waals surface area contributed by atoms with Crippen molar-refractivity contribution in [1.82, 2.24) is 0 Å². The molecule has 1 N–H and O–H groups in total. The highest BCUT2D eigenvalue weighted by atomic mass is 16.7. The smallest absolute Gasteiger partial charge is 0.494 e. The lowest BCUT2D eigenvalue weighted by molar-refractivity contribution is 0.00578. The van der Waals surface area contributed by atoms with E-state index < -0.39 is 0 Å². The lowest BCUT2D eigenvalue weighted by Crippen LogP contribution is -2.41. The van der Waals surface area contributed by atoms with Gasteiger partial charge < -0.3 is 19.4 Å². The van der Waals surface area contributed by atoms with Gasteiger partial charge in [0.1, 0.15) is 5.75 Å². The maximum absolute atomic E-state index is 6.03. The van der Waals surface area contributed by atoms with E-state index in [-0.39, 0.29) is 18.3 Å². The molecule has 0 saturated carbocycles. The normalized spacial score (nSPS) is 20.4. The van der Waals surface area contributed by atoms with E-state index in [4.69, 9.17) is 14.0 Å². The molecule has 0 bridgehead atoms. The molecule has 1 heterocycles. The van der Waals surface area contributed by atoms with Gasteiger partial charge in [-0.25, -0.2) is 0 Å². The van der Waals surface area contributed by atoms with E-state index in [1.165, 1.54) is 0 Å². The van der Waals surface area contributed by atoms with Crippen LogP contribution in [-0.2, 0) is 9.31 Å². The van der Waals surface area contributed by atoms with Crippen LogP contribution in [0, 0.1) is 0 Å². The number of hydrogen-bond acceptors (Lipinski definition) is 4. The third-order valence-corrected chi connectivity index (χ3v) is 4.02. The minimum atomic E-state index is -0.344. The second-order valence-corrected chi connectivity index (χ2v) is 5.80. The predicted molar refractivity (Wildman–Crippen MR) is 78.3 cm³/mol. The summed E-state index contributed by atoms with van der Waals surface area (Å²) in [4.78, 5) is 0. The van der Waals surface area contributed by atoms with Crippen LogP contribution in [0.15, 0.2) is 18.2 Å². The molecule has 0 amide bonds. The van der Waals surface area contributed by atoms with Crippen molar-refractivity contribution in [3.63, 3.8) is 0 Å². The number of nitrogens with one attached hydrogen (secondary N) is 1. The molecule has 2 rings (SSSR count). The van der Waals surface area contributed by atoms with Crippen LogP contribution in [0.3, 0.4) is 0 Å². The summed E-state index contributed by atoms with van der Waals surface area (Å²) in [5, 5.41) is 3.12. The zero-order chi connectivity index (χ0) is 14.3. The van der Waals surface area contributed by atoms with Gasteiger partial charge >= 0.3 is 7.12 Å². The highest BCUT2D eigenvalue weighted by molar-refractivity contribution is 6.62. The zero-order valence-electron chi connectivity index (χ0n) is 12.5. The Morgan fingerprint density at radius 1 is 1.11 bits per heavy atom. The molecule has 0 spiro atoms. The Labute approximate surface area is 115 Å². The summed E-state index contributed by atoms with van der Waals surface area (Å²) in [6, 6.07) is 5.90. The van der Waals surface area contributed by atoms with Gasteiger partial charge in [-0.2, -0.15) is 0 Å². The van der Waals surface area contributed by atoms with E-state index in [1.54, 1.807) is 7.11 Å². The van der Waals surface area contributed by atoms with Gasteiger partial charge in [-0.15, -0.1) is 0 Å². The van der Waals surface area contributed by atoms with Crippen molar-refractivity contribution >= 4 is 18.3 Å². The largest absolute Gasteiger partial charge is 0.495 e. The molecule has 0 radical (unpaired) electrons. The molecule has 1 aromatic carbocycles. The van der Waals surface area contributed by atoms with E-state index in [9.17, 15) is 0 Å². The first-order valence-corrected chi connectivity index (χ1v) is 6.52. The lowest BCUT2D eigenvalue weighted by atomic mass is 9.79. The van der Waals surface area contributed by atoms with E-state index in [2.05, 4.69) is 33.0 Å². The van der Waals surface area contributed by atoms with Crippen molar-refractivity contribution < 1.29 is 14.0 Å². The number of hydrogen-bond donors (Lipinski definition) is 1. The second kappa shape index (κ2) is 4.73. The lowest BCUT2D eigenvalue weighted by Gasteiger charge is -2.32. The minimum absolute atomic E-state index is 0.322. The predicted octanol–water partition coefficient (Wildman–Crippen LogP) is 2.04. The maximum Gasteiger partial charge on any atom is 0.494 e. The van der Waals surface area contributed by atoms with Crippen molar-refractivity contribution in [1.29, 1.82) is 0 Å². The number of methoxy groups -OCH3 is 1. The molecule has 5 heteroatoms. The zero-order valence-corrected chi connectivity index (χ0v) is 12.5. The van der Waals surface area contributed by atoms with Crippen LogP contribution < -0.4 is 15.5 Å². The van der Waals surface area contributed by atoms with E-state index >= 15 is 0 Å². The third kappa shape index (κ3) is 2.45. The van der Waals surface area contributed by atoms with Crippen molar-refractivity contribution in [2.75, 3.05) is 19.5 Å². The van der Waals surface area contributed by atoms with Gasteiger partial charge in [-0.05, 0) is 45.3 Å². The van der Waals surface area contributed by atoms with Crippen LogP contribution in [0.25, 0.3) is 0 Å². The number of rotatable bonds is 3. The van der Waals surface area contributed by atoms with Gasteiger partial charge in [0.25, 0.3) is 0 Å². The Morgan fingerprint density at radius 3 is 2.16 bits per heavy atom. The van der Waals surface area contributed by atoms with E-state index in [0.717, 1.165) is 16.9 Å². The summed E-state index contributed by atoms with van der Waals surface area (Å²) in [5.41, 5.74) is 1.27. The maximum atomic E-state index is 6.03. The topological polar surface area (TPSA) is 39.7 Å². The van der Waals surface area contributed by atoms with Crippen LogP contribution in [0.5, 0.6) is 5.75 Å². The highest BCUT2D eigenvalue weighted by Crippen LogP contribution is 2.36. The fourth-order valence-electron chi connectivity index (χ4n) is 2.05. The first kappa shape index (κ1) is 14.2. The van der Waals surface area contributed by atoms with Gasteiger partial charge in [0, 0.05) is 7.05 Å². The Bertz CT molecular complexity index is 458. The Kier molecular flexibility index (Phi) is 3.54. The van der Waals surface area contributed by atoms with Gasteiger partial charge in [0.05, 0.1) is 24.0 Å². The summed E-state index contributed by atoms with van der Waals surface area (Å²) in [6.07, 6.45) is 0. The van der Waals surface area contributed by atoms with Gasteiger partial charge in [0.15, 0.2) is 0 Å². The number of anilines is 1. The fourth-order valence-corrected chi connectivity index (χ4v) is 2.05. The second-order valence-electron chi connectivity index (χ2n) is 5.80. The summed E-state index contributed by atoms with van der Waals surface area (Å²) in [7, 11) is 3.18. The average molecular weight is 263 g/mol. The molecule has 0 atom stereocenters. The molecule has 104 valence electrons. The Hall–Kier alpha value is -1.20. The van der Waals surface area contributed by atoms with Crippen molar-refractivity contribution in [2.24, 2.45) is 0 Å². The standard InChI is InChI=1S/C14H22BNO3/c1-13(2)14(3,4)19-15(18-13)10-7-8-12(17-6)11(9-10)16-5/h7-9,16H,1-6H3. The van der Waals surface area contributed by atoms with Crippen LogP contribution >= 0.6 is 0 Å². The Morgan fingerprint density at radius 2 is 1.68 bits per heavy atom. The number of ether oxygens (including phenoxy) is 1. The monoisotopic (exact) mass is 263 g/mol. The molecule has 1 aliphatic rings. The molecule has 1 saturated heterocycles. The molecule has 1 aliphatic heterocycles. The molecular weight excluding hydrogens is 241 g/mol. The SMILES string of the molecule is CNc1cc(B2OC(C)(C)C(C)(C)O2)ccc1OC. The average Bonchev–Trinajstić information content (AvgIpc) is 2.57. The van der Waals surface area contributed by atoms with Gasteiger partial charge in [0.2, 0.25) is 0 Å². The third-order valence-electron chi connectivity index (χ3n) is 4.02. The van der Waals surface area contributed by atoms with Crippen LogP contribution in [0.4, 0.5) is 5.69 Å². The Balaban J connectivity index is 2.30. The number of benzene rings is 1. The van der Waals surface area contributed by atoms with Crippen LogP contribution in [0.2, 0.25) is 0 Å². The first-order valence-electron chi connectivity index (χ1n) is 6.52. The summed E-state index contributed by atoms with van der Waals surface area (Å²) < 4.78 is 17.4. The van der Waals surface area contributed by atoms with Crippen molar-refractivity contribution in [3.8, 4) is 5.75 Å².